The minimum absolute atomic E-state index is 0.0543. The van der Waals surface area contributed by atoms with Crippen molar-refractivity contribution in [3.05, 3.63) is 29.6 Å². The van der Waals surface area contributed by atoms with Gasteiger partial charge in [-0.3, -0.25) is 10.1 Å². The van der Waals surface area contributed by atoms with Crippen LogP contribution in [0.3, 0.4) is 0 Å². The van der Waals surface area contributed by atoms with Gasteiger partial charge in [-0.05, 0) is 37.6 Å². The van der Waals surface area contributed by atoms with E-state index in [4.69, 9.17) is 10.5 Å². The predicted molar refractivity (Wildman–Crippen MR) is 76.2 cm³/mol. The lowest BCUT2D eigenvalue weighted by atomic mass is 10.2. The normalized spacial score (nSPS) is 11.8. The summed E-state index contributed by atoms with van der Waals surface area (Å²) in [5, 5.41) is 5.03. The Labute approximate surface area is 122 Å². The predicted octanol–water partition coefficient (Wildman–Crippen LogP) is 1.29. The first kappa shape index (κ1) is 16.9. The van der Waals surface area contributed by atoms with Gasteiger partial charge < -0.3 is 15.8 Å². The third-order valence-electron chi connectivity index (χ3n) is 2.67. The van der Waals surface area contributed by atoms with Crippen LogP contribution in [0.2, 0.25) is 0 Å². The van der Waals surface area contributed by atoms with Crippen molar-refractivity contribution in [1.29, 1.82) is 0 Å². The van der Waals surface area contributed by atoms with Crippen LogP contribution >= 0.6 is 0 Å². The van der Waals surface area contributed by atoms with Gasteiger partial charge in [-0.1, -0.05) is 13.0 Å². The molecule has 0 bridgehead atoms. The van der Waals surface area contributed by atoms with Crippen LogP contribution < -0.4 is 21.1 Å². The number of imide groups is 1. The maximum atomic E-state index is 13.9. The molecule has 0 aliphatic heterocycles. The van der Waals surface area contributed by atoms with E-state index in [0.29, 0.717) is 6.54 Å². The number of amides is 3. The second kappa shape index (κ2) is 8.21. The lowest BCUT2D eigenvalue weighted by Crippen LogP contribution is -2.42. The zero-order chi connectivity index (χ0) is 15.8. The van der Waals surface area contributed by atoms with Gasteiger partial charge in [0.05, 0.1) is 0 Å². The molecule has 6 nitrogen and oxygen atoms in total. The van der Waals surface area contributed by atoms with Gasteiger partial charge in [0.1, 0.15) is 0 Å². The van der Waals surface area contributed by atoms with E-state index in [0.717, 1.165) is 18.5 Å². The van der Waals surface area contributed by atoms with Crippen LogP contribution in [0.1, 0.15) is 25.8 Å². The summed E-state index contributed by atoms with van der Waals surface area (Å²) in [4.78, 5) is 22.0. The van der Waals surface area contributed by atoms with Crippen LogP contribution in [0.4, 0.5) is 9.18 Å². The molecule has 21 heavy (non-hydrogen) atoms. The quantitative estimate of drug-likeness (QED) is 0.661. The monoisotopic (exact) mass is 297 g/mol. The van der Waals surface area contributed by atoms with Crippen LogP contribution in [0.5, 0.6) is 5.75 Å². The molecule has 0 radical (unpaired) electrons. The number of hydrogen-bond donors (Lipinski definition) is 3. The maximum Gasteiger partial charge on any atom is 0.318 e. The zero-order valence-corrected chi connectivity index (χ0v) is 12.1. The van der Waals surface area contributed by atoms with Crippen molar-refractivity contribution in [3.8, 4) is 5.75 Å². The van der Waals surface area contributed by atoms with Gasteiger partial charge in [0, 0.05) is 6.54 Å². The number of urea groups is 1. The van der Waals surface area contributed by atoms with Crippen molar-refractivity contribution >= 4 is 11.9 Å². The Balaban J connectivity index is 2.63. The Morgan fingerprint density at radius 3 is 2.71 bits per heavy atom. The number of nitrogens with one attached hydrogen (secondary N) is 2. The molecule has 0 fully saturated rings. The third kappa shape index (κ3) is 5.78. The SMILES string of the molecule is CCCNCc1ccc(OC(C)C(=O)NC(N)=O)c(F)c1. The van der Waals surface area contributed by atoms with Crippen molar-refractivity contribution < 1.29 is 18.7 Å². The van der Waals surface area contributed by atoms with Crippen molar-refractivity contribution in [2.75, 3.05) is 6.54 Å². The number of primary amides is 1. The maximum absolute atomic E-state index is 13.9. The molecule has 116 valence electrons. The van der Waals surface area contributed by atoms with E-state index in [1.54, 1.807) is 6.07 Å². The molecular weight excluding hydrogens is 277 g/mol. The Kier molecular flexibility index (Phi) is 6.61. The average Bonchev–Trinajstić information content (AvgIpc) is 2.41. The van der Waals surface area contributed by atoms with Crippen LogP contribution in [0.15, 0.2) is 18.2 Å². The van der Waals surface area contributed by atoms with Gasteiger partial charge in [0.25, 0.3) is 5.91 Å². The molecule has 0 saturated carbocycles. The fourth-order valence-corrected chi connectivity index (χ4v) is 1.63. The van der Waals surface area contributed by atoms with Gasteiger partial charge in [0.15, 0.2) is 17.7 Å². The smallest absolute Gasteiger partial charge is 0.318 e. The van der Waals surface area contributed by atoms with Crippen LogP contribution in [-0.4, -0.2) is 24.6 Å². The Hall–Kier alpha value is -2.15. The molecule has 1 unspecified atom stereocenters. The number of ether oxygens (including phenoxy) is 1. The van der Waals surface area contributed by atoms with E-state index in [1.807, 2.05) is 12.2 Å². The summed E-state index contributed by atoms with van der Waals surface area (Å²) in [5.41, 5.74) is 5.60. The first-order valence-electron chi connectivity index (χ1n) is 6.70. The third-order valence-corrected chi connectivity index (χ3v) is 2.67. The van der Waals surface area contributed by atoms with Gasteiger partial charge in [0.2, 0.25) is 0 Å². The largest absolute Gasteiger partial charge is 0.478 e. The topological polar surface area (TPSA) is 93.4 Å². The highest BCUT2D eigenvalue weighted by atomic mass is 19.1. The summed E-state index contributed by atoms with van der Waals surface area (Å²) < 4.78 is 19.0. The van der Waals surface area contributed by atoms with Crippen molar-refractivity contribution in [3.63, 3.8) is 0 Å². The molecular formula is C14H20FN3O3. The fraction of sp³-hybridized carbons (Fsp3) is 0.429. The van der Waals surface area contributed by atoms with E-state index in [2.05, 4.69) is 5.32 Å². The van der Waals surface area contributed by atoms with Crippen LogP contribution in [-0.2, 0) is 11.3 Å². The minimum Gasteiger partial charge on any atom is -0.478 e. The molecule has 3 amide bonds. The Morgan fingerprint density at radius 2 is 2.14 bits per heavy atom. The van der Waals surface area contributed by atoms with Crippen molar-refractivity contribution in [1.82, 2.24) is 10.6 Å². The highest BCUT2D eigenvalue weighted by molar-refractivity contribution is 5.95. The molecule has 0 heterocycles. The van der Waals surface area contributed by atoms with E-state index in [9.17, 15) is 14.0 Å². The first-order valence-corrected chi connectivity index (χ1v) is 6.70. The van der Waals surface area contributed by atoms with Gasteiger partial charge in [-0.2, -0.15) is 0 Å². The number of carbonyl (C=O) groups is 2. The molecule has 7 heteroatoms. The zero-order valence-electron chi connectivity index (χ0n) is 12.1. The lowest BCUT2D eigenvalue weighted by Gasteiger charge is -2.14. The fourth-order valence-electron chi connectivity index (χ4n) is 1.63. The molecule has 4 N–H and O–H groups in total. The average molecular weight is 297 g/mol. The molecule has 0 saturated heterocycles. The summed E-state index contributed by atoms with van der Waals surface area (Å²) >= 11 is 0. The Morgan fingerprint density at radius 1 is 1.43 bits per heavy atom. The van der Waals surface area contributed by atoms with Gasteiger partial charge >= 0.3 is 6.03 Å². The van der Waals surface area contributed by atoms with Crippen LogP contribution in [0, 0.1) is 5.82 Å². The number of benzene rings is 1. The molecule has 1 rings (SSSR count). The first-order chi connectivity index (χ1) is 9.93. The number of nitrogens with two attached hydrogens (primary N) is 1. The van der Waals surface area contributed by atoms with Crippen LogP contribution in [0.25, 0.3) is 0 Å². The highest BCUT2D eigenvalue weighted by Gasteiger charge is 2.17. The van der Waals surface area contributed by atoms with E-state index >= 15 is 0 Å². The molecule has 0 aliphatic rings. The van der Waals surface area contributed by atoms with E-state index in [-0.39, 0.29) is 5.75 Å². The van der Waals surface area contributed by atoms with Gasteiger partial charge in [-0.25, -0.2) is 9.18 Å². The summed E-state index contributed by atoms with van der Waals surface area (Å²) in [6, 6.07) is 3.52. The molecule has 1 aromatic rings. The summed E-state index contributed by atoms with van der Waals surface area (Å²) in [7, 11) is 0. The molecule has 1 atom stereocenters. The van der Waals surface area contributed by atoms with E-state index in [1.165, 1.54) is 19.1 Å². The van der Waals surface area contributed by atoms with Crippen molar-refractivity contribution in [2.45, 2.75) is 32.9 Å². The van der Waals surface area contributed by atoms with Crippen molar-refractivity contribution in [2.24, 2.45) is 5.73 Å². The van der Waals surface area contributed by atoms with E-state index < -0.39 is 23.9 Å². The number of rotatable bonds is 7. The molecule has 1 aromatic carbocycles. The molecule has 0 spiro atoms. The summed E-state index contributed by atoms with van der Waals surface area (Å²) in [6.07, 6.45) is -0.0352. The second-order valence-corrected chi connectivity index (χ2v) is 4.56. The summed E-state index contributed by atoms with van der Waals surface area (Å²) in [5.74, 6) is -1.35. The summed E-state index contributed by atoms with van der Waals surface area (Å²) in [6.45, 7) is 4.85. The highest BCUT2D eigenvalue weighted by Crippen LogP contribution is 2.19. The van der Waals surface area contributed by atoms with Gasteiger partial charge in [-0.15, -0.1) is 0 Å². The molecule has 0 aliphatic carbocycles. The Bertz CT molecular complexity index is 508. The number of halogens is 1. The minimum atomic E-state index is -1.03. The number of carbonyl (C=O) groups excluding carboxylic acids is 2. The second-order valence-electron chi connectivity index (χ2n) is 4.56. The molecule has 0 aromatic heterocycles. The standard InChI is InChI=1S/C14H20FN3O3/c1-3-6-17-8-10-4-5-12(11(15)7-10)21-9(2)13(19)18-14(16)20/h4-5,7,9,17H,3,6,8H2,1-2H3,(H3,16,18,19,20). The lowest BCUT2D eigenvalue weighted by molar-refractivity contribution is -0.126. The number of hydrogen-bond acceptors (Lipinski definition) is 4.